The molecular formula is C12H11F3N4O. The highest BCUT2D eigenvalue weighted by Gasteiger charge is 2.28. The second-order valence-electron chi connectivity index (χ2n) is 3.83. The Bertz CT molecular complexity index is 575. The Morgan fingerprint density at radius 2 is 1.85 bits per heavy atom. The minimum absolute atomic E-state index is 0.163. The molecule has 1 aromatic heterocycles. The lowest BCUT2D eigenvalue weighted by Crippen LogP contribution is -2.20. The van der Waals surface area contributed by atoms with E-state index in [0.717, 1.165) is 0 Å². The largest absolute Gasteiger partial charge is 0.468 e. The maximum absolute atomic E-state index is 12.1. The summed E-state index contributed by atoms with van der Waals surface area (Å²) in [5.41, 5.74) is 2.90. The number of benzene rings is 1. The van der Waals surface area contributed by atoms with Gasteiger partial charge >= 0.3 is 6.18 Å². The van der Waals surface area contributed by atoms with Gasteiger partial charge in [0.15, 0.2) is 12.4 Å². The third kappa shape index (κ3) is 3.82. The van der Waals surface area contributed by atoms with E-state index in [9.17, 15) is 13.2 Å². The molecule has 8 heteroatoms. The number of rotatable bonds is 4. The molecule has 5 nitrogen and oxygen atoms in total. The van der Waals surface area contributed by atoms with Gasteiger partial charge in [0.2, 0.25) is 5.88 Å². The summed E-state index contributed by atoms with van der Waals surface area (Å²) in [5, 5.41) is 0. The lowest BCUT2D eigenvalue weighted by molar-refractivity contribution is -0.154. The molecule has 1 aromatic carbocycles. The number of alkyl halides is 3. The van der Waals surface area contributed by atoms with E-state index in [2.05, 4.69) is 20.1 Å². The van der Waals surface area contributed by atoms with Crippen molar-refractivity contribution in [2.75, 3.05) is 12.0 Å². The molecule has 0 aliphatic carbocycles. The number of hydrazine groups is 1. The average Bonchev–Trinajstić information content (AvgIpc) is 2.45. The fourth-order valence-electron chi connectivity index (χ4n) is 1.44. The van der Waals surface area contributed by atoms with E-state index >= 15 is 0 Å². The quantitative estimate of drug-likeness (QED) is 0.666. The summed E-state index contributed by atoms with van der Waals surface area (Å²) in [5.74, 6) is 5.41. The van der Waals surface area contributed by atoms with Crippen LogP contribution in [0, 0.1) is 0 Å². The highest BCUT2D eigenvalue weighted by molar-refractivity contribution is 5.57. The number of halogens is 3. The van der Waals surface area contributed by atoms with Crippen LogP contribution >= 0.6 is 0 Å². The van der Waals surface area contributed by atoms with Crippen LogP contribution in [0.15, 0.2) is 36.4 Å². The summed E-state index contributed by atoms with van der Waals surface area (Å²) in [6, 6.07) is 9.97. The van der Waals surface area contributed by atoms with Crippen LogP contribution in [0.5, 0.6) is 5.88 Å². The Hall–Kier alpha value is -2.35. The molecule has 0 amide bonds. The lowest BCUT2D eigenvalue weighted by Gasteiger charge is -2.10. The first-order valence-electron chi connectivity index (χ1n) is 5.58. The highest BCUT2D eigenvalue weighted by Crippen LogP contribution is 2.22. The summed E-state index contributed by atoms with van der Waals surface area (Å²) in [6.45, 7) is -1.43. The number of nitrogens with zero attached hydrogens (tertiary/aromatic N) is 2. The van der Waals surface area contributed by atoms with Crippen molar-refractivity contribution in [2.45, 2.75) is 6.18 Å². The molecule has 0 atom stereocenters. The van der Waals surface area contributed by atoms with Crippen LogP contribution in [0.1, 0.15) is 0 Å². The molecule has 0 saturated heterocycles. The minimum atomic E-state index is -4.44. The number of hydrogen-bond acceptors (Lipinski definition) is 5. The first kappa shape index (κ1) is 14.1. The smallest absolute Gasteiger partial charge is 0.422 e. The summed E-state index contributed by atoms with van der Waals surface area (Å²) in [7, 11) is 0. The van der Waals surface area contributed by atoms with Gasteiger partial charge in [-0.15, -0.1) is 0 Å². The van der Waals surface area contributed by atoms with Gasteiger partial charge in [-0.2, -0.15) is 18.2 Å². The predicted octanol–water partition coefficient (Wildman–Crippen LogP) is 2.37. The molecule has 20 heavy (non-hydrogen) atoms. The number of anilines is 1. The maximum atomic E-state index is 12.1. The molecule has 3 N–H and O–H groups in total. The van der Waals surface area contributed by atoms with Gasteiger partial charge in [0.1, 0.15) is 5.82 Å². The van der Waals surface area contributed by atoms with Gasteiger partial charge in [0, 0.05) is 11.6 Å². The van der Waals surface area contributed by atoms with Gasteiger partial charge in [-0.3, -0.25) is 0 Å². The van der Waals surface area contributed by atoms with Crippen LogP contribution in [0.2, 0.25) is 0 Å². The van der Waals surface area contributed by atoms with Gasteiger partial charge in [0.05, 0.1) is 0 Å². The maximum Gasteiger partial charge on any atom is 0.422 e. The van der Waals surface area contributed by atoms with E-state index in [-0.39, 0.29) is 17.5 Å². The van der Waals surface area contributed by atoms with Gasteiger partial charge in [-0.05, 0) is 0 Å². The van der Waals surface area contributed by atoms with Gasteiger partial charge in [0.25, 0.3) is 0 Å². The number of nitrogen functional groups attached to an aromatic ring is 1. The van der Waals surface area contributed by atoms with Crippen molar-refractivity contribution >= 4 is 5.82 Å². The van der Waals surface area contributed by atoms with Crippen molar-refractivity contribution in [3.8, 4) is 17.3 Å². The molecule has 0 aliphatic heterocycles. The Morgan fingerprint density at radius 3 is 2.45 bits per heavy atom. The normalized spacial score (nSPS) is 11.2. The molecule has 2 aromatic rings. The Balaban J connectivity index is 2.30. The molecule has 0 bridgehead atoms. The van der Waals surface area contributed by atoms with Crippen molar-refractivity contribution < 1.29 is 17.9 Å². The van der Waals surface area contributed by atoms with E-state index in [1.807, 2.05) is 0 Å². The van der Waals surface area contributed by atoms with E-state index in [1.165, 1.54) is 6.07 Å². The summed E-state index contributed by atoms with van der Waals surface area (Å²) in [4.78, 5) is 7.98. The molecule has 106 valence electrons. The standard InChI is InChI=1S/C12H11F3N4O/c13-12(14,15)7-20-10-6-9(19-16)17-11(18-10)8-4-2-1-3-5-8/h1-6H,7,16H2,(H,17,18,19). The SMILES string of the molecule is NNc1cc(OCC(F)(F)F)nc(-c2ccccc2)n1. The van der Waals surface area contributed by atoms with Gasteiger partial charge in [-0.1, -0.05) is 30.3 Å². The summed E-state index contributed by atoms with van der Waals surface area (Å²) >= 11 is 0. The first-order chi connectivity index (χ1) is 9.48. The van der Waals surface area contributed by atoms with Crippen LogP contribution < -0.4 is 16.0 Å². The van der Waals surface area contributed by atoms with Crippen LogP contribution in [0.3, 0.4) is 0 Å². The third-order valence-corrected chi connectivity index (χ3v) is 2.27. The summed E-state index contributed by atoms with van der Waals surface area (Å²) < 4.78 is 41.0. The molecule has 0 fully saturated rings. The fourth-order valence-corrected chi connectivity index (χ4v) is 1.44. The molecule has 0 radical (unpaired) electrons. The molecule has 0 spiro atoms. The number of aromatic nitrogens is 2. The number of hydrogen-bond donors (Lipinski definition) is 2. The molecular weight excluding hydrogens is 273 g/mol. The van der Waals surface area contributed by atoms with Crippen molar-refractivity contribution in [3.05, 3.63) is 36.4 Å². The van der Waals surface area contributed by atoms with Crippen LogP contribution in [0.4, 0.5) is 19.0 Å². The van der Waals surface area contributed by atoms with Crippen molar-refractivity contribution in [2.24, 2.45) is 5.84 Å². The zero-order valence-corrected chi connectivity index (χ0v) is 10.2. The van der Waals surface area contributed by atoms with Crippen molar-refractivity contribution in [3.63, 3.8) is 0 Å². The Morgan fingerprint density at radius 1 is 1.15 bits per heavy atom. The highest BCUT2D eigenvalue weighted by atomic mass is 19.4. The van der Waals surface area contributed by atoms with Crippen LogP contribution in [0.25, 0.3) is 11.4 Å². The Labute approximate surface area is 112 Å². The zero-order chi connectivity index (χ0) is 14.6. The molecule has 0 saturated carbocycles. The lowest BCUT2D eigenvalue weighted by atomic mass is 10.2. The molecule has 0 aliphatic rings. The van der Waals surface area contributed by atoms with Gasteiger partial charge in [-0.25, -0.2) is 10.8 Å². The average molecular weight is 284 g/mol. The van der Waals surface area contributed by atoms with E-state index in [0.29, 0.717) is 5.56 Å². The van der Waals surface area contributed by atoms with Gasteiger partial charge < -0.3 is 10.2 Å². The number of nitrogens with two attached hydrogens (primary N) is 1. The first-order valence-corrected chi connectivity index (χ1v) is 5.58. The second kappa shape index (κ2) is 5.74. The predicted molar refractivity (Wildman–Crippen MR) is 66.8 cm³/mol. The van der Waals surface area contributed by atoms with E-state index < -0.39 is 12.8 Å². The van der Waals surface area contributed by atoms with Crippen LogP contribution in [-0.2, 0) is 0 Å². The minimum Gasteiger partial charge on any atom is -0.468 e. The molecule has 1 heterocycles. The fraction of sp³-hybridized carbons (Fsp3) is 0.167. The monoisotopic (exact) mass is 284 g/mol. The third-order valence-electron chi connectivity index (χ3n) is 2.27. The number of ether oxygens (including phenoxy) is 1. The number of nitrogens with one attached hydrogen (secondary N) is 1. The summed E-state index contributed by atoms with van der Waals surface area (Å²) in [6.07, 6.45) is -4.44. The topological polar surface area (TPSA) is 73.1 Å². The molecule has 2 rings (SSSR count). The van der Waals surface area contributed by atoms with E-state index in [1.54, 1.807) is 30.3 Å². The zero-order valence-electron chi connectivity index (χ0n) is 10.2. The Kier molecular flexibility index (Phi) is 4.04. The van der Waals surface area contributed by atoms with Crippen molar-refractivity contribution in [1.82, 2.24) is 9.97 Å². The van der Waals surface area contributed by atoms with Crippen LogP contribution in [-0.4, -0.2) is 22.8 Å². The molecule has 0 unspecified atom stereocenters. The van der Waals surface area contributed by atoms with Crippen molar-refractivity contribution in [1.29, 1.82) is 0 Å². The van der Waals surface area contributed by atoms with E-state index in [4.69, 9.17) is 5.84 Å². The second-order valence-corrected chi connectivity index (χ2v) is 3.83.